The normalized spacial score (nSPS) is 27.5. The van der Waals surface area contributed by atoms with E-state index in [2.05, 4.69) is 0 Å². The first-order valence-corrected chi connectivity index (χ1v) is 9.56. The van der Waals surface area contributed by atoms with Crippen LogP contribution in [-0.2, 0) is 14.1 Å². The molecule has 0 saturated carbocycles. The number of hydrogen-bond donors (Lipinski definition) is 0. The Morgan fingerprint density at radius 2 is 2.06 bits per heavy atom. The summed E-state index contributed by atoms with van der Waals surface area (Å²) in [5, 5.41) is 0. The molecule has 0 aromatic carbocycles. The zero-order chi connectivity index (χ0) is 13.9. The molecule has 5 nitrogen and oxygen atoms in total. The predicted octanol–water partition coefficient (Wildman–Crippen LogP) is 2.09. The maximum atomic E-state index is 12.8. The van der Waals surface area contributed by atoms with Crippen molar-refractivity contribution in [1.82, 2.24) is 9.57 Å². The Morgan fingerprint density at radius 1 is 1.44 bits per heavy atom. The summed E-state index contributed by atoms with van der Waals surface area (Å²) in [6.45, 7) is 3.78. The van der Waals surface area contributed by atoms with Crippen LogP contribution in [0.2, 0.25) is 0 Å². The third-order valence-electron chi connectivity index (χ3n) is 2.92. The summed E-state index contributed by atoms with van der Waals surface area (Å²) in [4.78, 5) is 13.9. The standard InChI is InChI=1S/C11H23N2O3PS/c1-9(2)16-11(14)10(3)13(5)17(15)8-12(4)6-7-18-17/h9-10H,6-8H2,1-5H3/t10-,17+/m0/s1. The van der Waals surface area contributed by atoms with Gasteiger partial charge in [0, 0.05) is 12.3 Å². The number of likely N-dealkylation sites (N-methyl/N-ethyl adjacent to an activating group) is 1. The fourth-order valence-corrected chi connectivity index (χ4v) is 7.12. The number of esters is 1. The molecule has 1 aliphatic rings. The average molecular weight is 294 g/mol. The second-order valence-corrected chi connectivity index (χ2v) is 10.3. The van der Waals surface area contributed by atoms with Crippen LogP contribution in [0.3, 0.4) is 0 Å². The molecule has 18 heavy (non-hydrogen) atoms. The van der Waals surface area contributed by atoms with E-state index in [0.29, 0.717) is 6.29 Å². The first-order chi connectivity index (χ1) is 8.26. The van der Waals surface area contributed by atoms with E-state index < -0.39 is 12.5 Å². The number of carbonyl (C=O) groups excluding carboxylic acids is 1. The summed E-state index contributed by atoms with van der Waals surface area (Å²) < 4.78 is 19.7. The molecule has 0 aromatic rings. The van der Waals surface area contributed by atoms with Crippen LogP contribution in [0.1, 0.15) is 20.8 Å². The Balaban J connectivity index is 2.70. The van der Waals surface area contributed by atoms with E-state index in [1.54, 1.807) is 18.6 Å². The largest absolute Gasteiger partial charge is 0.462 e. The molecule has 1 saturated heterocycles. The molecular weight excluding hydrogens is 271 g/mol. The Labute approximate surface area is 113 Å². The van der Waals surface area contributed by atoms with Crippen LogP contribution in [-0.4, -0.2) is 60.4 Å². The first-order valence-electron chi connectivity index (χ1n) is 6.12. The maximum Gasteiger partial charge on any atom is 0.323 e. The summed E-state index contributed by atoms with van der Waals surface area (Å²) in [5.41, 5.74) is 0. The van der Waals surface area contributed by atoms with Crippen molar-refractivity contribution in [3.8, 4) is 0 Å². The van der Waals surface area contributed by atoms with E-state index in [0.717, 1.165) is 12.3 Å². The minimum Gasteiger partial charge on any atom is -0.462 e. The molecule has 0 N–H and O–H groups in total. The van der Waals surface area contributed by atoms with Crippen molar-refractivity contribution in [3.05, 3.63) is 0 Å². The molecule has 0 spiro atoms. The fraction of sp³-hybridized carbons (Fsp3) is 0.909. The third-order valence-corrected chi connectivity index (χ3v) is 8.71. The number of hydrogen-bond acceptors (Lipinski definition) is 5. The molecule has 0 aliphatic carbocycles. The first kappa shape index (κ1) is 16.0. The average Bonchev–Trinajstić information content (AvgIpc) is 2.25. The Hall–Kier alpha value is -0.0300. The van der Waals surface area contributed by atoms with Crippen molar-refractivity contribution in [2.24, 2.45) is 0 Å². The van der Waals surface area contributed by atoms with Gasteiger partial charge in [0.2, 0.25) is 6.49 Å². The van der Waals surface area contributed by atoms with Gasteiger partial charge in [0.05, 0.1) is 12.4 Å². The molecular formula is C11H23N2O3PS. The second-order valence-electron chi connectivity index (χ2n) is 4.93. The van der Waals surface area contributed by atoms with Crippen LogP contribution < -0.4 is 0 Å². The van der Waals surface area contributed by atoms with E-state index in [9.17, 15) is 9.36 Å². The van der Waals surface area contributed by atoms with E-state index >= 15 is 0 Å². The van der Waals surface area contributed by atoms with Gasteiger partial charge in [0.25, 0.3) is 0 Å². The lowest BCUT2D eigenvalue weighted by Gasteiger charge is -2.37. The molecule has 0 bridgehead atoms. The van der Waals surface area contributed by atoms with Gasteiger partial charge in [0.15, 0.2) is 0 Å². The van der Waals surface area contributed by atoms with Crippen molar-refractivity contribution < 1.29 is 14.1 Å². The molecule has 0 aromatic heterocycles. The van der Waals surface area contributed by atoms with Crippen molar-refractivity contribution in [3.63, 3.8) is 0 Å². The van der Waals surface area contributed by atoms with Crippen LogP contribution in [0.5, 0.6) is 0 Å². The van der Waals surface area contributed by atoms with Gasteiger partial charge in [-0.3, -0.25) is 14.3 Å². The van der Waals surface area contributed by atoms with Crippen LogP contribution in [0.4, 0.5) is 0 Å². The Bertz CT molecular complexity index is 351. The number of rotatable bonds is 4. The summed E-state index contributed by atoms with van der Waals surface area (Å²) >= 11 is 1.47. The Kier molecular flexibility index (Phi) is 5.71. The molecule has 2 atom stereocenters. The van der Waals surface area contributed by atoms with Gasteiger partial charge in [-0.05, 0) is 34.9 Å². The van der Waals surface area contributed by atoms with Crippen molar-refractivity contribution >= 4 is 23.8 Å². The summed E-state index contributed by atoms with van der Waals surface area (Å²) in [5.74, 6) is 0.529. The molecule has 7 heteroatoms. The van der Waals surface area contributed by atoms with Gasteiger partial charge >= 0.3 is 5.97 Å². The minimum absolute atomic E-state index is 0.143. The van der Waals surface area contributed by atoms with Gasteiger partial charge in [0.1, 0.15) is 6.04 Å². The highest BCUT2D eigenvalue weighted by Gasteiger charge is 2.38. The zero-order valence-electron chi connectivity index (χ0n) is 11.8. The maximum absolute atomic E-state index is 12.8. The lowest BCUT2D eigenvalue weighted by atomic mass is 10.3. The van der Waals surface area contributed by atoms with E-state index in [1.807, 2.05) is 25.8 Å². The fourth-order valence-electron chi connectivity index (χ4n) is 1.69. The molecule has 1 aliphatic heterocycles. The predicted molar refractivity (Wildman–Crippen MR) is 76.0 cm³/mol. The minimum atomic E-state index is -2.54. The van der Waals surface area contributed by atoms with Gasteiger partial charge in [-0.25, -0.2) is 4.67 Å². The lowest BCUT2D eigenvalue weighted by Crippen LogP contribution is -2.39. The van der Waals surface area contributed by atoms with E-state index in [-0.39, 0.29) is 12.1 Å². The molecule has 1 rings (SSSR count). The summed E-state index contributed by atoms with van der Waals surface area (Å²) in [6, 6.07) is -0.475. The highest BCUT2D eigenvalue weighted by molar-refractivity contribution is 8.57. The second kappa shape index (κ2) is 6.42. The van der Waals surface area contributed by atoms with Gasteiger partial charge < -0.3 is 4.74 Å². The lowest BCUT2D eigenvalue weighted by molar-refractivity contribution is -0.151. The molecule has 106 valence electrons. The molecule has 1 fully saturated rings. The molecule has 0 radical (unpaired) electrons. The van der Waals surface area contributed by atoms with Crippen molar-refractivity contribution in [2.45, 2.75) is 32.9 Å². The van der Waals surface area contributed by atoms with Gasteiger partial charge in [-0.2, -0.15) is 0 Å². The van der Waals surface area contributed by atoms with Crippen LogP contribution in [0.25, 0.3) is 0 Å². The molecule has 1 heterocycles. The van der Waals surface area contributed by atoms with Crippen LogP contribution in [0, 0.1) is 0 Å². The van der Waals surface area contributed by atoms with Gasteiger partial charge in [-0.1, -0.05) is 11.4 Å². The van der Waals surface area contributed by atoms with Crippen molar-refractivity contribution in [2.75, 3.05) is 32.7 Å². The Morgan fingerprint density at radius 3 is 2.56 bits per heavy atom. The van der Waals surface area contributed by atoms with Crippen LogP contribution >= 0.6 is 17.9 Å². The third kappa shape index (κ3) is 3.98. The molecule has 0 unspecified atom stereocenters. The van der Waals surface area contributed by atoms with E-state index in [1.165, 1.54) is 11.4 Å². The van der Waals surface area contributed by atoms with E-state index in [4.69, 9.17) is 4.74 Å². The monoisotopic (exact) mass is 294 g/mol. The highest BCUT2D eigenvalue weighted by atomic mass is 32.7. The molecule has 0 amide bonds. The van der Waals surface area contributed by atoms with Crippen molar-refractivity contribution in [1.29, 1.82) is 0 Å². The summed E-state index contributed by atoms with van der Waals surface area (Å²) in [7, 11) is 3.70. The van der Waals surface area contributed by atoms with Crippen LogP contribution in [0.15, 0.2) is 0 Å². The zero-order valence-corrected chi connectivity index (χ0v) is 13.5. The van der Waals surface area contributed by atoms with Gasteiger partial charge in [-0.15, -0.1) is 0 Å². The highest BCUT2D eigenvalue weighted by Crippen LogP contribution is 2.63. The number of ether oxygens (including phenoxy) is 1. The SMILES string of the molecule is CC(C)OC(=O)[C@H](C)N(C)[P@@]1(=O)CN(C)CCS1. The number of nitrogens with zero attached hydrogens (tertiary/aromatic N) is 2. The topological polar surface area (TPSA) is 49.9 Å². The summed E-state index contributed by atoms with van der Waals surface area (Å²) in [6.07, 6.45) is 0.379. The quantitative estimate of drug-likeness (QED) is 0.584. The number of carbonyl (C=O) groups is 1. The smallest absolute Gasteiger partial charge is 0.323 e.